The summed E-state index contributed by atoms with van der Waals surface area (Å²) in [6, 6.07) is 17.8. The second-order valence-electron chi connectivity index (χ2n) is 10.4. The van der Waals surface area contributed by atoms with Gasteiger partial charge in [0, 0.05) is 11.8 Å². The highest BCUT2D eigenvalue weighted by molar-refractivity contribution is 7.86. The van der Waals surface area contributed by atoms with Crippen LogP contribution in [0, 0.1) is 6.92 Å². The fourth-order valence-electron chi connectivity index (χ4n) is 4.64. The molecule has 1 N–H and O–H groups in total. The molecule has 14 nitrogen and oxygen atoms in total. The topological polar surface area (TPSA) is 179 Å². The number of aliphatic hydroxyl groups excluding tert-OH is 1. The zero-order valence-electron chi connectivity index (χ0n) is 24.3. The number of benzene rings is 2. The Labute approximate surface area is 254 Å². The molecule has 3 atom stereocenters. The molecular formula is C28H34N2O12S2. The summed E-state index contributed by atoms with van der Waals surface area (Å²) in [5.41, 5.74) is -2.03. The first-order valence-corrected chi connectivity index (χ1v) is 17.0. The van der Waals surface area contributed by atoms with Gasteiger partial charge in [0.1, 0.15) is 37.8 Å². The van der Waals surface area contributed by atoms with Crippen LogP contribution in [0.5, 0.6) is 0 Å². The average molecular weight is 655 g/mol. The lowest BCUT2D eigenvalue weighted by atomic mass is 9.96. The van der Waals surface area contributed by atoms with Crippen LogP contribution < -0.4 is 11.2 Å². The molecule has 2 aromatic carbocycles. The van der Waals surface area contributed by atoms with E-state index in [0.29, 0.717) is 5.56 Å². The first kappa shape index (κ1) is 33.7. The molecule has 3 aromatic rings. The second-order valence-corrected chi connectivity index (χ2v) is 13.7. The van der Waals surface area contributed by atoms with Gasteiger partial charge in [0.05, 0.1) is 25.7 Å². The zero-order valence-corrected chi connectivity index (χ0v) is 25.9. The molecule has 240 valence electrons. The van der Waals surface area contributed by atoms with Crippen LogP contribution in [-0.2, 0) is 62.8 Å². The van der Waals surface area contributed by atoms with Crippen LogP contribution in [0.25, 0.3) is 0 Å². The normalized spacial score (nSPS) is 20.1. The summed E-state index contributed by atoms with van der Waals surface area (Å²) in [5, 5.41) is 11.5. The monoisotopic (exact) mass is 654 g/mol. The van der Waals surface area contributed by atoms with E-state index in [9.17, 15) is 31.5 Å². The first-order valence-electron chi connectivity index (χ1n) is 13.3. The molecule has 0 unspecified atom stereocenters. The van der Waals surface area contributed by atoms with Crippen molar-refractivity contribution in [2.75, 3.05) is 25.7 Å². The molecule has 1 aliphatic rings. The first-order chi connectivity index (χ1) is 20.7. The minimum atomic E-state index is -4.11. The lowest BCUT2D eigenvalue weighted by Crippen LogP contribution is -2.52. The van der Waals surface area contributed by atoms with Crippen molar-refractivity contribution in [3.8, 4) is 0 Å². The highest BCUT2D eigenvalue weighted by Crippen LogP contribution is 2.40. The zero-order chi connectivity index (χ0) is 32.1. The Hall–Kier alpha value is -3.22. The lowest BCUT2D eigenvalue weighted by molar-refractivity contribution is -0.154. The molecule has 0 spiro atoms. The van der Waals surface area contributed by atoms with Gasteiger partial charge in [-0.25, -0.2) is 9.36 Å². The average Bonchev–Trinajstić information content (AvgIpc) is 3.25. The molecule has 1 saturated heterocycles. The fraction of sp³-hybridized carbons (Fsp3) is 0.429. The van der Waals surface area contributed by atoms with Crippen LogP contribution in [-0.4, -0.2) is 74.6 Å². The van der Waals surface area contributed by atoms with Gasteiger partial charge in [-0.2, -0.15) is 16.8 Å². The standard InChI is InChI=1S/C28H34N2O12S2/c1-20-14-29(27(33)30(25(20)32)19-38-15-21-10-6-4-7-11-21)26-23(31)24(39-16-22-12-8-5-9-13-22)28(42-26,17-40-43(2,34)35)18-41-44(3,36)37/h4-14,23-24,26,31H,15-19H2,1-3H3/t23-,24-,26-/m1/s1. The van der Waals surface area contributed by atoms with Crippen molar-refractivity contribution in [2.45, 2.75) is 50.9 Å². The summed E-state index contributed by atoms with van der Waals surface area (Å²) in [5.74, 6) is 0. The molecule has 4 rings (SSSR count). The quantitative estimate of drug-likeness (QED) is 0.241. The molecule has 0 bridgehead atoms. The van der Waals surface area contributed by atoms with Crippen molar-refractivity contribution in [3.63, 3.8) is 0 Å². The third kappa shape index (κ3) is 8.48. The van der Waals surface area contributed by atoms with Gasteiger partial charge in [0.15, 0.2) is 6.23 Å². The van der Waals surface area contributed by atoms with Gasteiger partial charge in [-0.3, -0.25) is 17.7 Å². The Kier molecular flexibility index (Phi) is 10.6. The molecule has 0 radical (unpaired) electrons. The van der Waals surface area contributed by atoms with Crippen molar-refractivity contribution < 1.29 is 44.5 Å². The number of nitrogens with zero attached hydrogens (tertiary/aromatic N) is 2. The fourth-order valence-corrected chi connectivity index (χ4v) is 5.47. The third-order valence-corrected chi connectivity index (χ3v) is 7.85. The van der Waals surface area contributed by atoms with E-state index >= 15 is 0 Å². The van der Waals surface area contributed by atoms with Gasteiger partial charge in [0.2, 0.25) is 0 Å². The SMILES string of the molecule is Cc1cn([C@@H]2OC(COS(C)(=O)=O)(COS(C)(=O)=O)[C@H](OCc3ccccc3)[C@H]2O)c(=O)n(COCc2ccccc2)c1=O. The molecule has 0 aliphatic carbocycles. The number of hydrogen-bond donors (Lipinski definition) is 1. The van der Waals surface area contributed by atoms with Gasteiger partial charge in [0.25, 0.3) is 25.8 Å². The van der Waals surface area contributed by atoms with Crippen LogP contribution in [0.3, 0.4) is 0 Å². The van der Waals surface area contributed by atoms with Gasteiger partial charge < -0.3 is 19.3 Å². The maximum absolute atomic E-state index is 13.6. The van der Waals surface area contributed by atoms with E-state index < -0.39 is 75.5 Å². The summed E-state index contributed by atoms with van der Waals surface area (Å²) in [7, 11) is -8.21. The van der Waals surface area contributed by atoms with Crippen LogP contribution >= 0.6 is 0 Å². The predicted octanol–water partition coefficient (Wildman–Crippen LogP) is 0.659. The Balaban J connectivity index is 1.73. The third-order valence-electron chi connectivity index (χ3n) is 6.76. The van der Waals surface area contributed by atoms with E-state index in [1.807, 2.05) is 30.3 Å². The Morgan fingerprint density at radius 1 is 0.864 bits per heavy atom. The summed E-state index contributed by atoms with van der Waals surface area (Å²) in [6.45, 7) is -0.649. The van der Waals surface area contributed by atoms with E-state index in [1.54, 1.807) is 30.3 Å². The molecule has 2 heterocycles. The van der Waals surface area contributed by atoms with Crippen LogP contribution in [0.2, 0.25) is 0 Å². The molecule has 16 heteroatoms. The van der Waals surface area contributed by atoms with Crippen LogP contribution in [0.15, 0.2) is 76.4 Å². The Morgan fingerprint density at radius 2 is 1.39 bits per heavy atom. The molecule has 1 fully saturated rings. The smallest absolute Gasteiger partial charge is 0.335 e. The lowest BCUT2D eigenvalue weighted by Gasteiger charge is -2.33. The highest BCUT2D eigenvalue weighted by atomic mass is 32.2. The van der Waals surface area contributed by atoms with E-state index in [4.69, 9.17) is 22.6 Å². The van der Waals surface area contributed by atoms with Gasteiger partial charge in [-0.05, 0) is 18.1 Å². The van der Waals surface area contributed by atoms with Crippen molar-refractivity contribution in [1.29, 1.82) is 0 Å². The Bertz CT molecular complexity index is 1720. The van der Waals surface area contributed by atoms with E-state index in [-0.39, 0.29) is 18.8 Å². The van der Waals surface area contributed by atoms with E-state index in [1.165, 1.54) is 13.1 Å². The summed E-state index contributed by atoms with van der Waals surface area (Å²) in [6.07, 6.45) is -2.03. The van der Waals surface area contributed by atoms with E-state index in [0.717, 1.165) is 27.2 Å². The van der Waals surface area contributed by atoms with Crippen molar-refractivity contribution in [2.24, 2.45) is 0 Å². The summed E-state index contributed by atoms with van der Waals surface area (Å²) >= 11 is 0. The molecule has 0 amide bonds. The highest BCUT2D eigenvalue weighted by Gasteiger charge is 2.58. The number of aryl methyl sites for hydroxylation is 1. The van der Waals surface area contributed by atoms with Gasteiger partial charge >= 0.3 is 5.69 Å². The predicted molar refractivity (Wildman–Crippen MR) is 156 cm³/mol. The van der Waals surface area contributed by atoms with Gasteiger partial charge in [-0.1, -0.05) is 60.7 Å². The number of aromatic nitrogens is 2. The molecule has 1 aliphatic heterocycles. The largest absolute Gasteiger partial charge is 0.386 e. The summed E-state index contributed by atoms with van der Waals surface area (Å²) < 4.78 is 77.4. The molecular weight excluding hydrogens is 620 g/mol. The number of aliphatic hydroxyl groups is 1. The number of hydrogen-bond acceptors (Lipinski definition) is 12. The molecule has 0 saturated carbocycles. The van der Waals surface area contributed by atoms with Crippen molar-refractivity contribution in [3.05, 3.63) is 104 Å². The van der Waals surface area contributed by atoms with E-state index in [2.05, 4.69) is 0 Å². The van der Waals surface area contributed by atoms with Crippen molar-refractivity contribution >= 4 is 20.2 Å². The van der Waals surface area contributed by atoms with Crippen molar-refractivity contribution in [1.82, 2.24) is 9.13 Å². The van der Waals surface area contributed by atoms with Crippen LogP contribution in [0.4, 0.5) is 0 Å². The second kappa shape index (κ2) is 13.8. The molecule has 1 aromatic heterocycles. The summed E-state index contributed by atoms with van der Waals surface area (Å²) in [4.78, 5) is 26.5. The minimum absolute atomic E-state index is 0.0998. The maximum atomic E-state index is 13.6. The minimum Gasteiger partial charge on any atom is -0.386 e. The molecule has 44 heavy (non-hydrogen) atoms. The maximum Gasteiger partial charge on any atom is 0.335 e. The van der Waals surface area contributed by atoms with Crippen LogP contribution in [0.1, 0.15) is 22.9 Å². The number of ether oxygens (including phenoxy) is 3. The Morgan fingerprint density at radius 3 is 1.91 bits per heavy atom. The van der Waals surface area contributed by atoms with Gasteiger partial charge in [-0.15, -0.1) is 0 Å². The number of rotatable bonds is 14.